The van der Waals surface area contributed by atoms with Gasteiger partial charge in [0.25, 0.3) is 10.9 Å². The van der Waals surface area contributed by atoms with E-state index < -0.39 is 10.9 Å². The van der Waals surface area contributed by atoms with Crippen molar-refractivity contribution in [1.29, 1.82) is 0 Å². The van der Waals surface area contributed by atoms with Crippen molar-refractivity contribution in [3.63, 3.8) is 0 Å². The number of aryl methyl sites for hydroxylation is 1. The summed E-state index contributed by atoms with van der Waals surface area (Å²) in [5, 5.41) is 3.31. The fraction of sp³-hybridized carbons (Fsp3) is 0.542. The number of carbonyl (C=O) groups excluding carboxylic acids is 1. The van der Waals surface area contributed by atoms with Gasteiger partial charge in [-0.05, 0) is 45.7 Å². The number of nitrogens with zero attached hydrogens (tertiary/aromatic N) is 3. The lowest BCUT2D eigenvalue weighted by molar-refractivity contribution is 0.0983. The normalized spacial score (nSPS) is 20.0. The molecule has 0 saturated carbocycles. The highest BCUT2D eigenvalue weighted by molar-refractivity contribution is 5.76. The molecule has 2 aliphatic rings. The first-order chi connectivity index (χ1) is 15.4. The van der Waals surface area contributed by atoms with Crippen LogP contribution in [-0.4, -0.2) is 62.4 Å². The molecule has 1 unspecified atom stereocenters. The summed E-state index contributed by atoms with van der Waals surface area (Å²) in [7, 11) is 0. The van der Waals surface area contributed by atoms with E-state index in [1.165, 1.54) is 11.3 Å². The first kappa shape index (κ1) is 22.2. The first-order valence-corrected chi connectivity index (χ1v) is 11.5. The van der Waals surface area contributed by atoms with Crippen LogP contribution in [0.2, 0.25) is 0 Å². The lowest BCUT2D eigenvalue weighted by atomic mass is 10.0. The van der Waals surface area contributed by atoms with Gasteiger partial charge < -0.3 is 24.8 Å². The number of likely N-dealkylation sites (tertiary alicyclic amines) is 1. The van der Waals surface area contributed by atoms with Gasteiger partial charge >= 0.3 is 6.09 Å². The molecule has 0 spiro atoms. The molecule has 2 saturated heterocycles. The van der Waals surface area contributed by atoms with Gasteiger partial charge in [0.2, 0.25) is 0 Å². The third-order valence-electron chi connectivity index (χ3n) is 6.56. The molecule has 32 heavy (non-hydrogen) atoms. The number of hydrogen-bond donors (Lipinski definition) is 1. The van der Waals surface area contributed by atoms with E-state index >= 15 is 0 Å². The number of ether oxygens (including phenoxy) is 1. The molecule has 2 heterocycles. The Balaban J connectivity index is 1.39. The number of amides is 1. The van der Waals surface area contributed by atoms with E-state index in [9.17, 15) is 14.4 Å². The van der Waals surface area contributed by atoms with Gasteiger partial charge in [-0.3, -0.25) is 9.59 Å². The van der Waals surface area contributed by atoms with Gasteiger partial charge in [-0.1, -0.05) is 17.7 Å². The maximum Gasteiger partial charge on any atom is 0.409 e. The van der Waals surface area contributed by atoms with Crippen molar-refractivity contribution in [3.8, 4) is 0 Å². The average Bonchev–Trinajstić information content (AvgIpc) is 2.80. The molecule has 1 atom stereocenters. The number of carbonyl (C=O) groups is 1. The van der Waals surface area contributed by atoms with Crippen molar-refractivity contribution < 1.29 is 9.53 Å². The Labute approximate surface area is 188 Å². The highest BCUT2D eigenvalue weighted by Gasteiger charge is 2.33. The number of hydrogen-bond acceptors (Lipinski definition) is 7. The lowest BCUT2D eigenvalue weighted by Crippen LogP contribution is -2.56. The zero-order valence-electron chi connectivity index (χ0n) is 19.1. The Kier molecular flexibility index (Phi) is 6.39. The van der Waals surface area contributed by atoms with Crippen LogP contribution in [0.25, 0.3) is 0 Å². The maximum absolute atomic E-state index is 12.4. The summed E-state index contributed by atoms with van der Waals surface area (Å²) in [6, 6.07) is 8.77. The summed E-state index contributed by atoms with van der Waals surface area (Å²) in [6.45, 7) is 9.71. The molecular weight excluding hydrogens is 408 g/mol. The number of rotatable bonds is 5. The summed E-state index contributed by atoms with van der Waals surface area (Å²) < 4.78 is 5.06. The molecule has 2 aromatic rings. The number of benzene rings is 1. The number of piperazine rings is 1. The Morgan fingerprint density at radius 2 is 1.75 bits per heavy atom. The summed E-state index contributed by atoms with van der Waals surface area (Å²) in [4.78, 5) is 42.8. The molecule has 172 valence electrons. The molecule has 4 rings (SSSR count). The van der Waals surface area contributed by atoms with Crippen molar-refractivity contribution in [2.75, 3.05) is 54.4 Å². The molecule has 1 amide bonds. The Hall–Kier alpha value is -3.03. The molecular formula is C24H32N4O4. The predicted octanol–water partition coefficient (Wildman–Crippen LogP) is 2.34. The van der Waals surface area contributed by atoms with E-state index in [4.69, 9.17) is 4.74 Å². The largest absolute Gasteiger partial charge is 0.450 e. The van der Waals surface area contributed by atoms with Crippen LogP contribution >= 0.6 is 0 Å². The van der Waals surface area contributed by atoms with Crippen LogP contribution in [0.1, 0.15) is 32.3 Å². The molecule has 2 aromatic carbocycles. The van der Waals surface area contributed by atoms with Crippen LogP contribution in [0.5, 0.6) is 0 Å². The number of nitrogens with one attached hydrogen (secondary N) is 1. The lowest BCUT2D eigenvalue weighted by Gasteiger charge is -2.43. The highest BCUT2D eigenvalue weighted by Crippen LogP contribution is 2.28. The maximum atomic E-state index is 12.4. The van der Waals surface area contributed by atoms with E-state index in [-0.39, 0.29) is 18.2 Å². The van der Waals surface area contributed by atoms with Crippen molar-refractivity contribution in [2.24, 2.45) is 0 Å². The van der Waals surface area contributed by atoms with Crippen LogP contribution in [-0.2, 0) is 4.74 Å². The molecule has 0 aliphatic carbocycles. The third kappa shape index (κ3) is 4.31. The van der Waals surface area contributed by atoms with Crippen molar-refractivity contribution in [2.45, 2.75) is 45.7 Å². The van der Waals surface area contributed by atoms with Gasteiger partial charge in [0.1, 0.15) is 11.4 Å². The molecule has 0 aromatic heterocycles. The van der Waals surface area contributed by atoms with Gasteiger partial charge in [0.15, 0.2) is 0 Å². The zero-order valence-corrected chi connectivity index (χ0v) is 19.1. The van der Waals surface area contributed by atoms with Gasteiger partial charge in [-0.2, -0.15) is 0 Å². The molecule has 2 fully saturated rings. The van der Waals surface area contributed by atoms with Gasteiger partial charge in [-0.25, -0.2) is 4.79 Å². The van der Waals surface area contributed by atoms with Crippen LogP contribution in [0, 0.1) is 6.92 Å². The summed E-state index contributed by atoms with van der Waals surface area (Å²) >= 11 is 0. The van der Waals surface area contributed by atoms with Crippen LogP contribution in [0.4, 0.5) is 21.9 Å². The van der Waals surface area contributed by atoms with E-state index in [1.807, 2.05) is 0 Å². The topological polar surface area (TPSA) is 82.2 Å². The minimum absolute atomic E-state index is 0.0639. The summed E-state index contributed by atoms with van der Waals surface area (Å²) in [5.41, 5.74) is 2.56. The Morgan fingerprint density at radius 1 is 1.06 bits per heavy atom. The van der Waals surface area contributed by atoms with E-state index in [0.29, 0.717) is 57.0 Å². The van der Waals surface area contributed by atoms with Gasteiger partial charge in [-0.15, -0.1) is 0 Å². The van der Waals surface area contributed by atoms with Crippen LogP contribution < -0.4 is 26.0 Å². The quantitative estimate of drug-likeness (QED) is 0.715. The summed E-state index contributed by atoms with van der Waals surface area (Å²) in [5.74, 6) is 0. The van der Waals surface area contributed by atoms with Crippen molar-refractivity contribution in [3.05, 3.63) is 50.3 Å². The highest BCUT2D eigenvalue weighted by atomic mass is 16.6. The molecule has 0 bridgehead atoms. The second kappa shape index (κ2) is 9.22. The minimum atomic E-state index is -0.429. The Morgan fingerprint density at radius 3 is 2.38 bits per heavy atom. The summed E-state index contributed by atoms with van der Waals surface area (Å²) in [6.07, 6.45) is 1.14. The zero-order chi connectivity index (χ0) is 22.8. The second-order valence-corrected chi connectivity index (χ2v) is 8.81. The van der Waals surface area contributed by atoms with Crippen molar-refractivity contribution >= 4 is 23.2 Å². The third-order valence-corrected chi connectivity index (χ3v) is 6.56. The van der Waals surface area contributed by atoms with Gasteiger partial charge in [0.05, 0.1) is 6.61 Å². The number of piperidine rings is 1. The van der Waals surface area contributed by atoms with Crippen molar-refractivity contribution in [1.82, 2.24) is 4.90 Å². The standard InChI is InChI=1S/C24H32N4O4/c1-4-32-24(31)26-11-9-18(10-12-26)25-20-21(23(30)22(20)29)27-13-14-28(17(3)15-27)19-7-5-16(2)6-8-19/h5-8,17-18,25H,4,9-15H2,1-3H3. The first-order valence-electron chi connectivity index (χ1n) is 11.5. The molecule has 8 heteroatoms. The molecule has 8 nitrogen and oxygen atoms in total. The second-order valence-electron chi connectivity index (χ2n) is 8.81. The van der Waals surface area contributed by atoms with Gasteiger partial charge in [0, 0.05) is 50.5 Å². The Bertz CT molecular complexity index is 1020. The SMILES string of the molecule is CCOC(=O)N1CCC(Nc2c(N3CCN(c4ccc(C)cc4)C(C)C3)c(=O)c2=O)CC1. The van der Waals surface area contributed by atoms with Crippen LogP contribution in [0.3, 0.4) is 0 Å². The molecule has 1 N–H and O–H groups in total. The minimum Gasteiger partial charge on any atom is -0.450 e. The van der Waals surface area contributed by atoms with E-state index in [2.05, 4.69) is 53.2 Å². The fourth-order valence-corrected chi connectivity index (χ4v) is 4.72. The smallest absolute Gasteiger partial charge is 0.409 e. The predicted molar refractivity (Wildman–Crippen MR) is 127 cm³/mol. The molecule has 0 radical (unpaired) electrons. The monoisotopic (exact) mass is 440 g/mol. The van der Waals surface area contributed by atoms with Crippen LogP contribution in [0.15, 0.2) is 33.9 Å². The van der Waals surface area contributed by atoms with E-state index in [0.717, 1.165) is 6.54 Å². The molecule has 2 aliphatic heterocycles. The van der Waals surface area contributed by atoms with E-state index in [1.54, 1.807) is 11.8 Å². The fourth-order valence-electron chi connectivity index (χ4n) is 4.72. The average molecular weight is 441 g/mol. The number of anilines is 3.